The fourth-order valence-electron chi connectivity index (χ4n) is 5.28. The summed E-state index contributed by atoms with van der Waals surface area (Å²) in [6.45, 7) is 2.83. The molecule has 0 saturated carbocycles. The second-order valence-corrected chi connectivity index (χ2v) is 11.3. The molecule has 4 atom stereocenters. The van der Waals surface area contributed by atoms with Crippen LogP contribution in [0.4, 0.5) is 33.3 Å². The van der Waals surface area contributed by atoms with Gasteiger partial charge in [0.2, 0.25) is 0 Å². The molecule has 5 rings (SSSR count). The zero-order valence-corrected chi connectivity index (χ0v) is 24.5. The van der Waals surface area contributed by atoms with Crippen LogP contribution in [0.3, 0.4) is 0 Å². The van der Waals surface area contributed by atoms with Crippen molar-refractivity contribution < 1.29 is 26.7 Å². The van der Waals surface area contributed by atoms with Gasteiger partial charge in [-0.3, -0.25) is 14.8 Å². The van der Waals surface area contributed by atoms with Crippen LogP contribution in [-0.2, 0) is 6.18 Å². The van der Waals surface area contributed by atoms with Crippen LogP contribution in [0.5, 0.6) is 0 Å². The van der Waals surface area contributed by atoms with Crippen LogP contribution >= 0.6 is 11.3 Å². The zero-order valence-electron chi connectivity index (χ0n) is 23.7. The summed E-state index contributed by atoms with van der Waals surface area (Å²) in [5.74, 6) is -3.47. The smallest absolute Gasteiger partial charge is 0.368 e. The highest BCUT2D eigenvalue weighted by Crippen LogP contribution is 2.39. The van der Waals surface area contributed by atoms with Gasteiger partial charge in [-0.1, -0.05) is 13.0 Å². The summed E-state index contributed by atoms with van der Waals surface area (Å²) in [6.07, 6.45) is -0.448. The van der Waals surface area contributed by atoms with E-state index in [0.29, 0.717) is 24.8 Å². The summed E-state index contributed by atoms with van der Waals surface area (Å²) in [7, 11) is 0. The van der Waals surface area contributed by atoms with Gasteiger partial charge in [-0.15, -0.1) is 0 Å². The lowest BCUT2D eigenvalue weighted by Crippen LogP contribution is -2.55. The summed E-state index contributed by atoms with van der Waals surface area (Å²) in [5.41, 5.74) is 11.9. The Bertz CT molecular complexity index is 1700. The number of hydrogen-bond acceptors (Lipinski definition) is 9. The molecule has 1 fully saturated rings. The molecule has 1 saturated heterocycles. The first-order valence-corrected chi connectivity index (χ1v) is 14.6. The Kier molecular flexibility index (Phi) is 9.29. The minimum Gasteiger partial charge on any atom is -0.368 e. The number of nitrogens with zero attached hydrogens (tertiary/aromatic N) is 5. The number of aliphatic imine (C=N–C) groups is 1. The average molecular weight is 643 g/mol. The first kappa shape index (κ1) is 31.8. The lowest BCUT2D eigenvalue weighted by Gasteiger charge is -2.41. The van der Waals surface area contributed by atoms with Gasteiger partial charge in [-0.2, -0.15) is 29.6 Å². The SMILES string of the molecule is CC1CN(c2ccncc2NC(=O)c2ccc(F)c(-c3c(F)cccc3C(F)(F)F)n2)CC(N)C1N=CC(N=N)c1ccsc1. The van der Waals surface area contributed by atoms with Gasteiger partial charge in [-0.25, -0.2) is 19.3 Å². The predicted molar refractivity (Wildman–Crippen MR) is 161 cm³/mol. The summed E-state index contributed by atoms with van der Waals surface area (Å²) >= 11 is 1.50. The number of amides is 1. The first-order valence-electron chi connectivity index (χ1n) is 13.7. The Morgan fingerprint density at radius 3 is 2.67 bits per heavy atom. The molecule has 0 radical (unpaired) electrons. The molecule has 1 aliphatic heterocycles. The molecule has 4 unspecified atom stereocenters. The van der Waals surface area contributed by atoms with E-state index in [9.17, 15) is 26.7 Å². The predicted octanol–water partition coefficient (Wildman–Crippen LogP) is 6.75. The summed E-state index contributed by atoms with van der Waals surface area (Å²) < 4.78 is 70.1. The van der Waals surface area contributed by atoms with Crippen LogP contribution in [0, 0.1) is 23.1 Å². The molecule has 1 aliphatic rings. The largest absolute Gasteiger partial charge is 0.417 e. The van der Waals surface area contributed by atoms with E-state index in [1.54, 1.807) is 12.3 Å². The molecule has 234 valence electrons. The van der Waals surface area contributed by atoms with Gasteiger partial charge in [0.15, 0.2) is 0 Å². The molecule has 0 aliphatic carbocycles. The van der Waals surface area contributed by atoms with Gasteiger partial charge in [0.25, 0.3) is 5.91 Å². The monoisotopic (exact) mass is 642 g/mol. The van der Waals surface area contributed by atoms with Crippen LogP contribution in [0.25, 0.3) is 11.3 Å². The van der Waals surface area contributed by atoms with Crippen molar-refractivity contribution >= 4 is 34.8 Å². The number of carbonyl (C=O) groups is 1. The van der Waals surface area contributed by atoms with Crippen LogP contribution < -0.4 is 16.0 Å². The average Bonchev–Trinajstić information content (AvgIpc) is 3.53. The number of rotatable bonds is 8. The number of anilines is 2. The van der Waals surface area contributed by atoms with E-state index in [4.69, 9.17) is 11.3 Å². The Labute approximate surface area is 258 Å². The highest BCUT2D eigenvalue weighted by atomic mass is 32.1. The van der Waals surface area contributed by atoms with E-state index >= 15 is 0 Å². The summed E-state index contributed by atoms with van der Waals surface area (Å²) in [4.78, 5) is 27.7. The minimum absolute atomic E-state index is 0.0412. The van der Waals surface area contributed by atoms with Crippen molar-refractivity contribution in [1.29, 1.82) is 5.53 Å². The number of nitrogens with two attached hydrogens (primary N) is 1. The number of aromatic nitrogens is 2. The van der Waals surface area contributed by atoms with E-state index in [1.165, 1.54) is 23.7 Å². The third kappa shape index (κ3) is 6.88. The molecule has 45 heavy (non-hydrogen) atoms. The molecule has 1 amide bonds. The van der Waals surface area contributed by atoms with Gasteiger partial charge in [0.05, 0.1) is 34.7 Å². The maximum atomic E-state index is 14.7. The number of hydrogen-bond donors (Lipinski definition) is 3. The zero-order chi connectivity index (χ0) is 32.3. The van der Waals surface area contributed by atoms with Gasteiger partial charge < -0.3 is 16.0 Å². The number of pyridine rings is 2. The lowest BCUT2D eigenvalue weighted by molar-refractivity contribution is -0.137. The molecule has 1 aromatic carbocycles. The molecule has 15 heteroatoms. The fourth-order valence-corrected chi connectivity index (χ4v) is 5.97. The van der Waals surface area contributed by atoms with Crippen LogP contribution in [0.2, 0.25) is 0 Å². The quantitative estimate of drug-likeness (QED) is 0.111. The molecule has 9 nitrogen and oxygen atoms in total. The number of halogens is 5. The molecule has 4 N–H and O–H groups in total. The number of nitrogens with one attached hydrogen (secondary N) is 2. The van der Waals surface area contributed by atoms with E-state index in [0.717, 1.165) is 29.8 Å². The van der Waals surface area contributed by atoms with Crippen molar-refractivity contribution in [2.45, 2.75) is 31.2 Å². The van der Waals surface area contributed by atoms with Crippen molar-refractivity contribution in [3.63, 3.8) is 0 Å². The van der Waals surface area contributed by atoms with Crippen molar-refractivity contribution in [1.82, 2.24) is 9.97 Å². The second-order valence-electron chi connectivity index (χ2n) is 10.5. The number of alkyl halides is 3. The normalized spacial score (nSPS) is 19.4. The summed E-state index contributed by atoms with van der Waals surface area (Å²) in [6, 6.07) is 6.35. The standard InChI is InChI=1S/C30H27F5N8OS/c1-16-13-43(14-21(36)27(16)39-12-23(42-37)17-8-10-45-15-17)25-7-9-38-11-24(25)41-29(44)22-6-5-20(32)28(40-22)26-18(30(33,34)35)3-2-4-19(26)31/h2-12,15-16,21,23,27,37H,13-14,36H2,1H3,(H,41,44). The Hall–Kier alpha value is -4.63. The molecular formula is C30H27F5N8OS. The maximum Gasteiger partial charge on any atom is 0.417 e. The fraction of sp³-hybridized carbons (Fsp3) is 0.267. The van der Waals surface area contributed by atoms with E-state index in [2.05, 4.69) is 25.4 Å². The topological polar surface area (TPSA) is 133 Å². The van der Waals surface area contributed by atoms with Crippen molar-refractivity contribution in [2.75, 3.05) is 23.3 Å². The molecular weight excluding hydrogens is 615 g/mol. The van der Waals surface area contributed by atoms with Crippen LogP contribution in [-0.4, -0.2) is 47.3 Å². The van der Waals surface area contributed by atoms with Gasteiger partial charge in [0, 0.05) is 31.5 Å². The minimum atomic E-state index is -4.99. The molecule has 0 spiro atoms. The third-order valence-electron chi connectivity index (χ3n) is 7.41. The van der Waals surface area contributed by atoms with Crippen LogP contribution in [0.1, 0.15) is 34.6 Å². The summed E-state index contributed by atoms with van der Waals surface area (Å²) in [5, 5.41) is 10.1. The first-order chi connectivity index (χ1) is 21.5. The van der Waals surface area contributed by atoms with Gasteiger partial charge in [-0.05, 0) is 58.6 Å². The van der Waals surface area contributed by atoms with Gasteiger partial charge in [0.1, 0.15) is 29.1 Å². The molecule has 4 heterocycles. The van der Waals surface area contributed by atoms with Crippen LogP contribution in [0.15, 0.2) is 75.7 Å². The number of carbonyl (C=O) groups excluding carboxylic acids is 1. The van der Waals surface area contributed by atoms with Crippen molar-refractivity contribution in [3.8, 4) is 11.3 Å². The Morgan fingerprint density at radius 1 is 1.18 bits per heavy atom. The molecule has 0 bridgehead atoms. The Balaban J connectivity index is 1.36. The molecule has 4 aromatic rings. The lowest BCUT2D eigenvalue weighted by atomic mass is 9.90. The number of piperidine rings is 1. The maximum absolute atomic E-state index is 14.7. The molecule has 3 aromatic heterocycles. The third-order valence-corrected chi connectivity index (χ3v) is 8.11. The highest BCUT2D eigenvalue weighted by molar-refractivity contribution is 7.08. The number of thiophene rings is 1. The Morgan fingerprint density at radius 2 is 1.98 bits per heavy atom. The van der Waals surface area contributed by atoms with E-state index in [-0.39, 0.29) is 17.6 Å². The van der Waals surface area contributed by atoms with Gasteiger partial charge >= 0.3 is 6.18 Å². The number of benzene rings is 1. The van der Waals surface area contributed by atoms with Crippen molar-refractivity contribution in [2.24, 2.45) is 21.8 Å². The second kappa shape index (κ2) is 13.2. The van der Waals surface area contributed by atoms with E-state index < -0.39 is 58.3 Å². The van der Waals surface area contributed by atoms with Crippen molar-refractivity contribution in [3.05, 3.63) is 94.1 Å². The highest BCUT2D eigenvalue weighted by Gasteiger charge is 2.37. The van der Waals surface area contributed by atoms with E-state index in [1.807, 2.05) is 28.7 Å².